The van der Waals surface area contributed by atoms with Crippen molar-refractivity contribution in [3.63, 3.8) is 0 Å². The van der Waals surface area contributed by atoms with E-state index in [-0.39, 0.29) is 6.04 Å². The smallest absolute Gasteiger partial charge is 0.191 e. The second-order valence-electron chi connectivity index (χ2n) is 7.47. The molecule has 164 valence electrons. The number of nitrogens with one attached hydrogen (secondary N) is 2. The Labute approximate surface area is 184 Å². The molecule has 0 aliphatic rings. The van der Waals surface area contributed by atoms with Crippen molar-refractivity contribution in [3.8, 4) is 11.4 Å². The number of aromatic nitrogens is 2. The van der Waals surface area contributed by atoms with Gasteiger partial charge in [-0.25, -0.2) is 4.68 Å². The Morgan fingerprint density at radius 3 is 2.52 bits per heavy atom. The van der Waals surface area contributed by atoms with Gasteiger partial charge in [-0.05, 0) is 50.3 Å². The van der Waals surface area contributed by atoms with Gasteiger partial charge in [0, 0.05) is 38.1 Å². The number of rotatable bonds is 9. The minimum atomic E-state index is 0.157. The van der Waals surface area contributed by atoms with Crippen molar-refractivity contribution < 1.29 is 4.74 Å². The molecule has 0 aliphatic heterocycles. The third kappa shape index (κ3) is 6.08. The maximum absolute atomic E-state index is 5.55. The van der Waals surface area contributed by atoms with Gasteiger partial charge < -0.3 is 20.3 Å². The fraction of sp³-hybridized carbons (Fsp3) is 0.333. The van der Waals surface area contributed by atoms with Crippen LogP contribution in [0.2, 0.25) is 0 Å². The number of hydrogen-bond acceptors (Lipinski definition) is 4. The highest BCUT2D eigenvalue weighted by Gasteiger charge is 2.18. The largest absolute Gasteiger partial charge is 0.496 e. The van der Waals surface area contributed by atoms with Gasteiger partial charge in [-0.1, -0.05) is 30.3 Å². The first-order chi connectivity index (χ1) is 15.1. The van der Waals surface area contributed by atoms with Crippen molar-refractivity contribution in [3.05, 3.63) is 78.1 Å². The van der Waals surface area contributed by atoms with Gasteiger partial charge in [-0.15, -0.1) is 0 Å². The van der Waals surface area contributed by atoms with Gasteiger partial charge in [-0.2, -0.15) is 5.10 Å². The molecule has 1 atom stereocenters. The van der Waals surface area contributed by atoms with Gasteiger partial charge >= 0.3 is 0 Å². The molecule has 7 nitrogen and oxygen atoms in total. The number of guanidine groups is 1. The standard InChI is InChI=1S/C24H32N6O/c1-25-24(27-18-22(29(2)3)21-8-5-6-9-23(21)31-4)26-16-14-19-10-12-20(13-11-19)30-17-7-15-28-30/h5-13,15,17,22H,14,16,18H2,1-4H3,(H2,25,26,27). The van der Waals surface area contributed by atoms with Crippen LogP contribution in [0.1, 0.15) is 17.2 Å². The number of benzene rings is 2. The van der Waals surface area contributed by atoms with Gasteiger partial charge in [0.1, 0.15) is 5.75 Å². The van der Waals surface area contributed by atoms with Crippen LogP contribution in [0.4, 0.5) is 0 Å². The molecule has 0 bridgehead atoms. The van der Waals surface area contributed by atoms with Crippen molar-refractivity contribution in [1.29, 1.82) is 0 Å². The second kappa shape index (κ2) is 11.2. The SMILES string of the molecule is CN=C(NCCc1ccc(-n2cccn2)cc1)NCC(c1ccccc1OC)N(C)C. The summed E-state index contributed by atoms with van der Waals surface area (Å²) in [5.41, 5.74) is 3.47. The number of likely N-dealkylation sites (N-methyl/N-ethyl adjacent to an activating group) is 1. The lowest BCUT2D eigenvalue weighted by atomic mass is 10.0. The summed E-state index contributed by atoms with van der Waals surface area (Å²) in [7, 11) is 7.65. The highest BCUT2D eigenvalue weighted by atomic mass is 16.5. The quantitative estimate of drug-likeness (QED) is 0.412. The molecule has 0 spiro atoms. The molecule has 1 unspecified atom stereocenters. The summed E-state index contributed by atoms with van der Waals surface area (Å²) in [6.07, 6.45) is 4.63. The van der Waals surface area contributed by atoms with Crippen molar-refractivity contribution in [2.24, 2.45) is 4.99 Å². The van der Waals surface area contributed by atoms with Crippen LogP contribution in [0, 0.1) is 0 Å². The van der Waals surface area contributed by atoms with Gasteiger partial charge in [0.05, 0.1) is 18.8 Å². The van der Waals surface area contributed by atoms with Crippen molar-refractivity contribution in [1.82, 2.24) is 25.3 Å². The molecule has 0 amide bonds. The topological polar surface area (TPSA) is 66.7 Å². The van der Waals surface area contributed by atoms with Crippen LogP contribution in [0.25, 0.3) is 5.69 Å². The molecule has 0 fully saturated rings. The Balaban J connectivity index is 1.52. The summed E-state index contributed by atoms with van der Waals surface area (Å²) in [4.78, 5) is 6.55. The normalized spacial score (nSPS) is 12.6. The van der Waals surface area contributed by atoms with E-state index in [1.807, 2.05) is 35.1 Å². The van der Waals surface area contributed by atoms with Crippen molar-refractivity contribution in [2.75, 3.05) is 41.3 Å². The highest BCUT2D eigenvalue weighted by molar-refractivity contribution is 5.79. The molecule has 0 radical (unpaired) electrons. The van der Waals surface area contributed by atoms with E-state index in [0.717, 1.165) is 35.9 Å². The summed E-state index contributed by atoms with van der Waals surface area (Å²) < 4.78 is 7.41. The molecule has 2 aromatic carbocycles. The van der Waals surface area contributed by atoms with E-state index in [2.05, 4.69) is 70.1 Å². The van der Waals surface area contributed by atoms with E-state index >= 15 is 0 Å². The van der Waals surface area contributed by atoms with Crippen LogP contribution in [0.3, 0.4) is 0 Å². The van der Waals surface area contributed by atoms with Crippen LogP contribution in [-0.2, 0) is 6.42 Å². The number of hydrogen-bond donors (Lipinski definition) is 2. The summed E-state index contributed by atoms with van der Waals surface area (Å²) in [5.74, 6) is 1.68. The van der Waals surface area contributed by atoms with E-state index in [4.69, 9.17) is 4.74 Å². The van der Waals surface area contributed by atoms with Crippen molar-refractivity contribution >= 4 is 5.96 Å². The maximum Gasteiger partial charge on any atom is 0.191 e. The second-order valence-corrected chi connectivity index (χ2v) is 7.47. The zero-order valence-corrected chi connectivity index (χ0v) is 18.7. The molecular weight excluding hydrogens is 388 g/mol. The number of ether oxygens (including phenoxy) is 1. The van der Waals surface area contributed by atoms with E-state index in [1.165, 1.54) is 5.56 Å². The van der Waals surface area contributed by atoms with Gasteiger partial charge in [0.2, 0.25) is 0 Å². The van der Waals surface area contributed by atoms with Crippen LogP contribution in [-0.4, -0.2) is 62.0 Å². The molecule has 0 saturated heterocycles. The minimum absolute atomic E-state index is 0.157. The Bertz CT molecular complexity index is 950. The Morgan fingerprint density at radius 2 is 1.87 bits per heavy atom. The number of nitrogens with zero attached hydrogens (tertiary/aromatic N) is 4. The third-order valence-electron chi connectivity index (χ3n) is 5.22. The van der Waals surface area contributed by atoms with E-state index in [1.54, 1.807) is 20.4 Å². The first kappa shape index (κ1) is 22.4. The average molecular weight is 421 g/mol. The number of para-hydroxylation sites is 1. The average Bonchev–Trinajstić information content (AvgIpc) is 3.33. The minimum Gasteiger partial charge on any atom is -0.496 e. The first-order valence-corrected chi connectivity index (χ1v) is 10.4. The monoisotopic (exact) mass is 420 g/mol. The van der Waals surface area contributed by atoms with Crippen LogP contribution < -0.4 is 15.4 Å². The molecule has 31 heavy (non-hydrogen) atoms. The molecule has 3 rings (SSSR count). The predicted octanol–water partition coefficient (Wildman–Crippen LogP) is 2.89. The zero-order chi connectivity index (χ0) is 22.1. The fourth-order valence-electron chi connectivity index (χ4n) is 3.49. The Morgan fingerprint density at radius 1 is 1.10 bits per heavy atom. The van der Waals surface area contributed by atoms with E-state index < -0.39 is 0 Å². The molecule has 0 saturated carbocycles. The lowest BCUT2D eigenvalue weighted by molar-refractivity contribution is 0.288. The lowest BCUT2D eigenvalue weighted by Gasteiger charge is -2.27. The van der Waals surface area contributed by atoms with E-state index in [0.29, 0.717) is 6.54 Å². The van der Waals surface area contributed by atoms with Crippen LogP contribution >= 0.6 is 0 Å². The molecule has 2 N–H and O–H groups in total. The number of methoxy groups -OCH3 is 1. The van der Waals surface area contributed by atoms with Crippen molar-refractivity contribution in [2.45, 2.75) is 12.5 Å². The van der Waals surface area contributed by atoms with E-state index in [9.17, 15) is 0 Å². The summed E-state index contributed by atoms with van der Waals surface area (Å²) in [6.45, 7) is 1.51. The third-order valence-corrected chi connectivity index (χ3v) is 5.22. The van der Waals surface area contributed by atoms with Gasteiger partial charge in [-0.3, -0.25) is 4.99 Å². The first-order valence-electron chi connectivity index (χ1n) is 10.4. The zero-order valence-electron chi connectivity index (χ0n) is 18.7. The molecule has 0 aliphatic carbocycles. The molecule has 7 heteroatoms. The molecular formula is C24H32N6O. The fourth-order valence-corrected chi connectivity index (χ4v) is 3.49. The van der Waals surface area contributed by atoms with Crippen LogP contribution in [0.5, 0.6) is 5.75 Å². The maximum atomic E-state index is 5.55. The Kier molecular flexibility index (Phi) is 8.06. The summed E-state index contributed by atoms with van der Waals surface area (Å²) >= 11 is 0. The molecule has 1 aromatic heterocycles. The number of aliphatic imine (C=N–C) groups is 1. The van der Waals surface area contributed by atoms with Gasteiger partial charge in [0.15, 0.2) is 5.96 Å². The summed E-state index contributed by atoms with van der Waals surface area (Å²) in [5, 5.41) is 11.1. The summed E-state index contributed by atoms with van der Waals surface area (Å²) in [6, 6.07) is 18.7. The molecule has 1 heterocycles. The highest BCUT2D eigenvalue weighted by Crippen LogP contribution is 2.27. The van der Waals surface area contributed by atoms with Crippen LogP contribution in [0.15, 0.2) is 72.0 Å². The Hall–Kier alpha value is -3.32. The predicted molar refractivity (Wildman–Crippen MR) is 126 cm³/mol. The van der Waals surface area contributed by atoms with Gasteiger partial charge in [0.25, 0.3) is 0 Å². The lowest BCUT2D eigenvalue weighted by Crippen LogP contribution is -2.42. The molecule has 3 aromatic rings.